The Morgan fingerprint density at radius 3 is 0.432 bits per heavy atom. The summed E-state index contributed by atoms with van der Waals surface area (Å²) >= 11 is 25.8. The quantitative estimate of drug-likeness (QED) is 0.0667. The van der Waals surface area contributed by atoms with Gasteiger partial charge in [0, 0.05) is 0 Å². The number of rotatable bonds is 24. The van der Waals surface area contributed by atoms with E-state index in [1.54, 1.807) is 0 Å². The average Bonchev–Trinajstić information content (AvgIpc) is 2.94. The normalized spacial score (nSPS) is 12.7. The molecule has 0 radical (unpaired) electrons. The van der Waals surface area contributed by atoms with Gasteiger partial charge in [0.25, 0.3) is 0 Å². The van der Waals surface area contributed by atoms with Gasteiger partial charge in [-0.05, 0) is 51.4 Å². The minimum atomic E-state index is -1.00. The first-order chi connectivity index (χ1) is 20.5. The van der Waals surface area contributed by atoms with Crippen LogP contribution in [0.5, 0.6) is 0 Å². The molecule has 0 atom stereocenters. The first-order valence-electron chi connectivity index (χ1n) is 17.1. The topological polar surface area (TPSA) is 0 Å². The summed E-state index contributed by atoms with van der Waals surface area (Å²) in [6.07, 6.45) is 22.1. The summed E-state index contributed by atoms with van der Waals surface area (Å²) in [5, 5.41) is -2.00. The van der Waals surface area contributed by atoms with Crippen molar-refractivity contribution in [2.75, 3.05) is 52.4 Å². The maximum atomic E-state index is 3.22. The molecule has 0 saturated heterocycles. The first kappa shape index (κ1) is 55.5. The predicted octanol–water partition coefficient (Wildman–Crippen LogP) is 16.8. The van der Waals surface area contributed by atoms with Crippen LogP contribution in [-0.4, -0.2) is 61.3 Å². The summed E-state index contributed by atoms with van der Waals surface area (Å²) in [4.78, 5) is 0. The Labute approximate surface area is 339 Å². The Balaban J connectivity index is -0.000000278. The van der Waals surface area contributed by atoms with Crippen molar-refractivity contribution in [3.05, 3.63) is 0 Å². The Bertz CT molecular complexity index is 430. The molecule has 0 aromatic heterocycles. The van der Waals surface area contributed by atoms with E-state index in [0.29, 0.717) is 0 Å². The van der Waals surface area contributed by atoms with Gasteiger partial charge in [-0.1, -0.05) is 107 Å². The third kappa shape index (κ3) is 48.9. The molecule has 2 nitrogen and oxygen atoms in total. The van der Waals surface area contributed by atoms with Crippen molar-refractivity contribution in [2.24, 2.45) is 0 Å². The fourth-order valence-corrected chi connectivity index (χ4v) is 5.29. The molecule has 0 aromatic rings. The van der Waals surface area contributed by atoms with E-state index < -0.39 is 10.6 Å². The molecule has 12 heteroatoms. The van der Waals surface area contributed by atoms with E-state index in [1.807, 2.05) is 0 Å². The molecule has 0 aliphatic carbocycles. The third-order valence-corrected chi connectivity index (χ3v) is 7.89. The zero-order valence-electron chi connectivity index (χ0n) is 29.5. The zero-order valence-corrected chi connectivity index (χ0v) is 44.2. The molecule has 0 unspecified atom stereocenters. The van der Waals surface area contributed by atoms with Crippen molar-refractivity contribution in [1.29, 1.82) is 0 Å². The van der Waals surface area contributed by atoms with Gasteiger partial charge in [-0.2, -0.15) is 0 Å². The molecular formula is C32H72Br8N2Ni2. The van der Waals surface area contributed by atoms with E-state index in [2.05, 4.69) is 169 Å². The van der Waals surface area contributed by atoms with Crippen LogP contribution in [0.3, 0.4) is 0 Å². The van der Waals surface area contributed by atoms with E-state index in [0.717, 1.165) is 0 Å². The second kappa shape index (κ2) is 37.5. The minimum absolute atomic E-state index is 1.00. The van der Waals surface area contributed by atoms with Crippen molar-refractivity contribution in [3.8, 4) is 0 Å². The Hall–Kier alpha value is 4.75. The third-order valence-electron chi connectivity index (χ3n) is 7.89. The number of hydrogen-bond acceptors (Lipinski definition) is 0. The standard InChI is InChI=1S/2C16H36N.8BrH.2Ni/c2*1-5-9-13-17(14-10-6-2,15-11-7-3)16-12-8-4;;;;;;;;;;/h2*5-16H2,1-4H3;8*1H;;/q2*+1;;;;;;;;;2*+3/p-8. The van der Waals surface area contributed by atoms with Crippen LogP contribution >= 0.6 is 114 Å². The van der Waals surface area contributed by atoms with Gasteiger partial charge < -0.3 is 8.97 Å². The molecule has 0 aliphatic heterocycles. The van der Waals surface area contributed by atoms with Crippen LogP contribution in [0.25, 0.3) is 0 Å². The van der Waals surface area contributed by atoms with E-state index in [4.69, 9.17) is 0 Å². The molecule has 0 amide bonds. The van der Waals surface area contributed by atoms with E-state index >= 15 is 0 Å². The first-order valence-corrected chi connectivity index (χ1v) is 36.7. The van der Waals surface area contributed by atoms with Gasteiger partial charge in [-0.15, -0.1) is 0 Å². The van der Waals surface area contributed by atoms with Crippen LogP contribution in [0, 0.1) is 0 Å². The molecule has 0 bridgehead atoms. The summed E-state index contributed by atoms with van der Waals surface area (Å²) < 4.78 is 2.84. The Kier molecular flexibility index (Phi) is 47.3. The summed E-state index contributed by atoms with van der Waals surface area (Å²) in [6.45, 7) is 30.0. The second-order valence-corrected chi connectivity index (χ2v) is 71.6. The molecule has 0 saturated carbocycles. The predicted molar refractivity (Wildman–Crippen MR) is 230 cm³/mol. The van der Waals surface area contributed by atoms with Gasteiger partial charge in [0.2, 0.25) is 0 Å². The maximum absolute atomic E-state index is 3.22. The summed E-state index contributed by atoms with van der Waals surface area (Å²) in [7, 11) is 0. The van der Waals surface area contributed by atoms with Crippen molar-refractivity contribution in [1.82, 2.24) is 0 Å². The number of unbranched alkanes of at least 4 members (excludes halogenated alkanes) is 8. The van der Waals surface area contributed by atoms with Gasteiger partial charge in [-0.3, -0.25) is 0 Å². The van der Waals surface area contributed by atoms with Gasteiger partial charge in [0.15, 0.2) is 0 Å². The molecule has 44 heavy (non-hydrogen) atoms. The van der Waals surface area contributed by atoms with E-state index in [1.165, 1.54) is 164 Å². The fraction of sp³-hybridized carbons (Fsp3) is 1.00. The monoisotopic (exact) mass is 1230 g/mol. The number of hydrogen-bond donors (Lipinski definition) is 0. The van der Waals surface area contributed by atoms with Gasteiger partial charge in [-0.25, -0.2) is 0 Å². The van der Waals surface area contributed by atoms with Crippen LogP contribution in [0.1, 0.15) is 158 Å². The van der Waals surface area contributed by atoms with E-state index in [-0.39, 0.29) is 0 Å². The zero-order chi connectivity index (χ0) is 35.0. The summed E-state index contributed by atoms with van der Waals surface area (Å²) in [5.74, 6) is 0. The molecule has 0 fully saturated rings. The number of quaternary nitrogens is 2. The van der Waals surface area contributed by atoms with Crippen molar-refractivity contribution >= 4 is 114 Å². The van der Waals surface area contributed by atoms with Gasteiger partial charge in [0.1, 0.15) is 0 Å². The number of halogens is 8. The SMILES string of the molecule is CCCC[N+](CCCC)(CCCC)CCCC.CCCC[N+](CCCC)(CCCC)CCCC.[Br][Ni-]([Br])([Br])[Br].[Br][Ni-]([Br])([Br])[Br]. The molecule has 0 heterocycles. The van der Waals surface area contributed by atoms with Crippen LogP contribution in [0.15, 0.2) is 0 Å². The van der Waals surface area contributed by atoms with Crippen LogP contribution in [0.4, 0.5) is 0 Å². The number of nitrogens with zero attached hydrogens (tertiary/aromatic N) is 2. The molecule has 0 aliphatic rings. The van der Waals surface area contributed by atoms with Crippen LogP contribution in [-0.2, 0) is 10.6 Å². The summed E-state index contributed by atoms with van der Waals surface area (Å²) in [6, 6.07) is 0. The van der Waals surface area contributed by atoms with Gasteiger partial charge >= 0.3 is 124 Å². The fourth-order valence-electron chi connectivity index (χ4n) is 5.29. The van der Waals surface area contributed by atoms with Crippen molar-refractivity contribution in [3.63, 3.8) is 0 Å². The molecule has 0 rings (SSSR count). The molecule has 0 N–H and O–H groups in total. The van der Waals surface area contributed by atoms with Crippen molar-refractivity contribution in [2.45, 2.75) is 158 Å². The molecule has 286 valence electrons. The molecular weight excluding hydrogens is 1170 g/mol. The second-order valence-electron chi connectivity index (χ2n) is 11.8. The Morgan fingerprint density at radius 1 is 0.273 bits per heavy atom. The van der Waals surface area contributed by atoms with Gasteiger partial charge in [0.05, 0.1) is 52.4 Å². The average molecular weight is 1240 g/mol. The summed E-state index contributed by atoms with van der Waals surface area (Å²) in [5.41, 5.74) is 0. The van der Waals surface area contributed by atoms with Crippen LogP contribution in [0.2, 0.25) is 0 Å². The molecule has 0 aromatic carbocycles. The van der Waals surface area contributed by atoms with Crippen molar-refractivity contribution < 1.29 is 19.6 Å². The Morgan fingerprint density at radius 2 is 0.364 bits per heavy atom. The van der Waals surface area contributed by atoms with Crippen LogP contribution < -0.4 is 0 Å². The molecule has 0 spiro atoms. The van der Waals surface area contributed by atoms with E-state index in [9.17, 15) is 0 Å².